The Morgan fingerprint density at radius 2 is 1.67 bits per heavy atom. The summed E-state index contributed by atoms with van der Waals surface area (Å²) >= 11 is 6.38. The van der Waals surface area contributed by atoms with Crippen molar-refractivity contribution in [2.45, 2.75) is 24.1 Å². The smallest absolute Gasteiger partial charge is 0.245 e. The van der Waals surface area contributed by atoms with Crippen LogP contribution in [0.2, 0.25) is 0 Å². The summed E-state index contributed by atoms with van der Waals surface area (Å²) in [6, 6.07) is 19.2. The first-order chi connectivity index (χ1) is 13.2. The van der Waals surface area contributed by atoms with Crippen molar-refractivity contribution in [2.75, 3.05) is 13.1 Å². The predicted molar refractivity (Wildman–Crippen MR) is 103 cm³/mol. The van der Waals surface area contributed by atoms with Crippen LogP contribution in [0.4, 0.5) is 0 Å². The molecule has 1 saturated heterocycles. The third-order valence-corrected chi connectivity index (χ3v) is 5.38. The van der Waals surface area contributed by atoms with Gasteiger partial charge >= 0.3 is 0 Å². The van der Waals surface area contributed by atoms with Gasteiger partial charge in [-0.2, -0.15) is 4.98 Å². The molecule has 0 aliphatic carbocycles. The first-order valence-corrected chi connectivity index (χ1v) is 9.53. The number of likely N-dealkylation sites (tertiary alicyclic amines) is 1. The molecule has 1 aromatic heterocycles. The first kappa shape index (κ1) is 17.7. The van der Waals surface area contributed by atoms with Crippen molar-refractivity contribution in [3.63, 3.8) is 0 Å². The molecule has 1 aliphatic rings. The zero-order valence-electron chi connectivity index (χ0n) is 14.8. The molecule has 2 aromatic carbocycles. The van der Waals surface area contributed by atoms with Gasteiger partial charge in [-0.05, 0) is 18.4 Å². The lowest BCUT2D eigenvalue weighted by molar-refractivity contribution is -0.132. The maximum atomic E-state index is 12.7. The molecule has 1 aliphatic heterocycles. The molecule has 2 heterocycles. The molecule has 5 nitrogen and oxygen atoms in total. The Bertz CT molecular complexity index is 890. The second-order valence-electron chi connectivity index (χ2n) is 6.70. The number of rotatable bonds is 4. The van der Waals surface area contributed by atoms with Crippen LogP contribution in [0.25, 0.3) is 11.4 Å². The van der Waals surface area contributed by atoms with Crippen molar-refractivity contribution in [2.24, 2.45) is 0 Å². The standard InChI is InChI=1S/C21H20ClN3O2/c22-18(15-7-3-1-4-8-15)21(26)25-13-11-17(12-14-25)20-23-19(24-27-20)16-9-5-2-6-10-16/h1-10,17-18H,11-14H2. The monoisotopic (exact) mass is 381 g/mol. The molecular formula is C21H20ClN3O2. The number of aromatic nitrogens is 2. The van der Waals surface area contributed by atoms with Crippen LogP contribution >= 0.6 is 11.6 Å². The SMILES string of the molecule is O=C(C(Cl)c1ccccc1)N1CCC(c2nc(-c3ccccc3)no2)CC1. The van der Waals surface area contributed by atoms with E-state index in [2.05, 4.69) is 10.1 Å². The lowest BCUT2D eigenvalue weighted by atomic mass is 9.96. The van der Waals surface area contributed by atoms with Crippen molar-refractivity contribution in [1.82, 2.24) is 15.0 Å². The van der Waals surface area contributed by atoms with E-state index in [1.165, 1.54) is 0 Å². The second-order valence-corrected chi connectivity index (χ2v) is 7.13. The minimum atomic E-state index is -0.643. The molecule has 4 rings (SSSR count). The number of halogens is 1. The Kier molecular flexibility index (Phi) is 5.21. The fraction of sp³-hybridized carbons (Fsp3) is 0.286. The van der Waals surface area contributed by atoms with E-state index in [4.69, 9.17) is 16.1 Å². The average molecular weight is 382 g/mol. The Labute approximate surface area is 163 Å². The molecule has 1 amide bonds. The lowest BCUT2D eigenvalue weighted by Gasteiger charge is -2.31. The normalized spacial score (nSPS) is 16.3. The van der Waals surface area contributed by atoms with Crippen LogP contribution in [0.15, 0.2) is 65.2 Å². The molecule has 0 N–H and O–H groups in total. The van der Waals surface area contributed by atoms with Gasteiger partial charge in [-0.15, -0.1) is 11.6 Å². The topological polar surface area (TPSA) is 59.2 Å². The van der Waals surface area contributed by atoms with E-state index >= 15 is 0 Å². The van der Waals surface area contributed by atoms with Gasteiger partial charge in [0.05, 0.1) is 0 Å². The number of benzene rings is 2. The van der Waals surface area contributed by atoms with E-state index < -0.39 is 5.38 Å². The van der Waals surface area contributed by atoms with E-state index in [0.717, 1.165) is 24.0 Å². The third-order valence-electron chi connectivity index (χ3n) is 4.94. The molecule has 27 heavy (non-hydrogen) atoms. The van der Waals surface area contributed by atoms with Crippen molar-refractivity contribution >= 4 is 17.5 Å². The Morgan fingerprint density at radius 3 is 2.33 bits per heavy atom. The zero-order valence-corrected chi connectivity index (χ0v) is 15.5. The predicted octanol–water partition coefficient (Wildman–Crippen LogP) is 4.42. The lowest BCUT2D eigenvalue weighted by Crippen LogP contribution is -2.39. The second kappa shape index (κ2) is 7.92. The molecule has 0 radical (unpaired) electrons. The first-order valence-electron chi connectivity index (χ1n) is 9.09. The summed E-state index contributed by atoms with van der Waals surface area (Å²) < 4.78 is 5.48. The van der Waals surface area contributed by atoms with Gasteiger partial charge < -0.3 is 9.42 Å². The highest BCUT2D eigenvalue weighted by molar-refractivity contribution is 6.30. The van der Waals surface area contributed by atoms with E-state index in [-0.39, 0.29) is 11.8 Å². The van der Waals surface area contributed by atoms with E-state index in [1.54, 1.807) is 0 Å². The van der Waals surface area contributed by atoms with Crippen molar-refractivity contribution < 1.29 is 9.32 Å². The number of carbonyl (C=O) groups excluding carboxylic acids is 1. The minimum absolute atomic E-state index is 0.0446. The van der Waals surface area contributed by atoms with Crippen LogP contribution in [0.3, 0.4) is 0 Å². The Balaban J connectivity index is 1.38. The van der Waals surface area contributed by atoms with E-state index in [0.29, 0.717) is 24.8 Å². The molecule has 1 fully saturated rings. The maximum absolute atomic E-state index is 12.7. The van der Waals surface area contributed by atoms with Gasteiger partial charge in [0.1, 0.15) is 5.38 Å². The molecule has 6 heteroatoms. The highest BCUT2D eigenvalue weighted by Gasteiger charge is 2.30. The number of carbonyl (C=O) groups is 1. The molecule has 0 bridgehead atoms. The molecule has 1 atom stereocenters. The number of piperidine rings is 1. The summed E-state index contributed by atoms with van der Waals surface area (Å²) in [5.41, 5.74) is 1.77. The summed E-state index contributed by atoms with van der Waals surface area (Å²) in [7, 11) is 0. The maximum Gasteiger partial charge on any atom is 0.245 e. The quantitative estimate of drug-likeness (QED) is 0.627. The molecule has 1 unspecified atom stereocenters. The highest BCUT2D eigenvalue weighted by atomic mass is 35.5. The Hall–Kier alpha value is -2.66. The Morgan fingerprint density at radius 1 is 1.04 bits per heavy atom. The zero-order chi connectivity index (χ0) is 18.6. The van der Waals surface area contributed by atoms with Crippen LogP contribution in [0, 0.1) is 0 Å². The summed E-state index contributed by atoms with van der Waals surface area (Å²) in [6.45, 7) is 1.28. The molecular weight excluding hydrogens is 362 g/mol. The number of alkyl halides is 1. The van der Waals surface area contributed by atoms with Crippen LogP contribution in [0.1, 0.15) is 35.6 Å². The molecule has 3 aromatic rings. The largest absolute Gasteiger partial charge is 0.341 e. The van der Waals surface area contributed by atoms with Crippen molar-refractivity contribution in [1.29, 1.82) is 0 Å². The number of amides is 1. The summed E-state index contributed by atoms with van der Waals surface area (Å²) in [5, 5.41) is 3.45. The summed E-state index contributed by atoms with van der Waals surface area (Å²) in [6.07, 6.45) is 1.58. The van der Waals surface area contributed by atoms with Gasteiger partial charge in [0.2, 0.25) is 17.6 Å². The number of nitrogens with zero attached hydrogens (tertiary/aromatic N) is 3. The number of hydrogen-bond acceptors (Lipinski definition) is 4. The fourth-order valence-electron chi connectivity index (χ4n) is 3.38. The fourth-order valence-corrected chi connectivity index (χ4v) is 3.66. The van der Waals surface area contributed by atoms with Crippen molar-refractivity contribution in [3.8, 4) is 11.4 Å². The van der Waals surface area contributed by atoms with E-state index in [1.807, 2.05) is 65.6 Å². The van der Waals surface area contributed by atoms with Crippen molar-refractivity contribution in [3.05, 3.63) is 72.1 Å². The third kappa shape index (κ3) is 3.88. The minimum Gasteiger partial charge on any atom is -0.341 e. The number of hydrogen-bond donors (Lipinski definition) is 0. The molecule has 138 valence electrons. The van der Waals surface area contributed by atoms with Crippen LogP contribution in [-0.4, -0.2) is 34.0 Å². The highest BCUT2D eigenvalue weighted by Crippen LogP contribution is 2.31. The summed E-state index contributed by atoms with van der Waals surface area (Å²) in [5.74, 6) is 1.38. The van der Waals surface area contributed by atoms with Gasteiger partial charge in [0.25, 0.3) is 0 Å². The van der Waals surface area contributed by atoms with Gasteiger partial charge in [-0.3, -0.25) is 4.79 Å². The summed E-state index contributed by atoms with van der Waals surface area (Å²) in [4.78, 5) is 19.1. The van der Waals surface area contributed by atoms with E-state index in [9.17, 15) is 4.79 Å². The van der Waals surface area contributed by atoms with Crippen LogP contribution in [-0.2, 0) is 4.79 Å². The molecule has 0 saturated carbocycles. The van der Waals surface area contributed by atoms with Gasteiger partial charge in [-0.1, -0.05) is 65.8 Å². The van der Waals surface area contributed by atoms with Gasteiger partial charge in [0.15, 0.2) is 0 Å². The average Bonchev–Trinajstić information content (AvgIpc) is 3.24. The van der Waals surface area contributed by atoms with Crippen LogP contribution < -0.4 is 0 Å². The van der Waals surface area contributed by atoms with Crippen LogP contribution in [0.5, 0.6) is 0 Å². The van der Waals surface area contributed by atoms with Gasteiger partial charge in [-0.25, -0.2) is 0 Å². The molecule has 0 spiro atoms. The van der Waals surface area contributed by atoms with Gasteiger partial charge in [0, 0.05) is 24.6 Å².